The van der Waals surface area contributed by atoms with Crippen molar-refractivity contribution in [1.29, 1.82) is 0 Å². The van der Waals surface area contributed by atoms with E-state index in [4.69, 9.17) is 0 Å². The molecule has 0 amide bonds. The second-order valence-electron chi connectivity index (χ2n) is 22.3. The maximum Gasteiger partial charge on any atom is 0.176 e. The molecule has 0 unspecified atom stereocenters. The molecular weight excluding hydrogens is 1180 g/mol. The van der Waals surface area contributed by atoms with Gasteiger partial charge in [0.25, 0.3) is 0 Å². The zero-order valence-electron chi connectivity index (χ0n) is 48.7. The summed E-state index contributed by atoms with van der Waals surface area (Å²) in [7, 11) is 0. The van der Waals surface area contributed by atoms with E-state index in [1.807, 2.05) is 0 Å². The fourth-order valence-electron chi connectivity index (χ4n) is 11.1. The number of unbranched alkanes of at least 4 members (excludes halogenated alkanes) is 12. The van der Waals surface area contributed by atoms with Gasteiger partial charge in [-0.2, -0.15) is 0 Å². The lowest BCUT2D eigenvalue weighted by molar-refractivity contribution is -0.697. The van der Waals surface area contributed by atoms with Gasteiger partial charge >= 0.3 is 0 Å². The van der Waals surface area contributed by atoms with Crippen molar-refractivity contribution < 1.29 is 13.7 Å². The predicted octanol–water partition coefficient (Wildman–Crippen LogP) is 19.8. The molecule has 0 aliphatic rings. The van der Waals surface area contributed by atoms with Gasteiger partial charge in [0.15, 0.2) is 37.2 Å². The van der Waals surface area contributed by atoms with Gasteiger partial charge < -0.3 is 0 Å². The highest BCUT2D eigenvalue weighted by molar-refractivity contribution is 9.09. The first-order chi connectivity index (χ1) is 40.0. The van der Waals surface area contributed by atoms with Gasteiger partial charge in [-0.1, -0.05) is 194 Å². The third-order valence-electron chi connectivity index (χ3n) is 15.6. The van der Waals surface area contributed by atoms with Gasteiger partial charge in [-0.25, -0.2) is 13.7 Å². The molecule has 0 saturated heterocycles. The van der Waals surface area contributed by atoms with Gasteiger partial charge in [-0.15, -0.1) is 0 Å². The Hall–Kier alpha value is -5.01. The average Bonchev–Trinajstić information content (AvgIpc) is 3.53. The van der Waals surface area contributed by atoms with Crippen molar-refractivity contribution in [2.45, 2.75) is 174 Å². The van der Waals surface area contributed by atoms with Gasteiger partial charge in [0.1, 0.15) is 19.6 Å². The molecule has 0 aliphatic heterocycles. The van der Waals surface area contributed by atoms with Crippen LogP contribution >= 0.6 is 47.8 Å². The Morgan fingerprint density at radius 2 is 0.444 bits per heavy atom. The number of alkyl halides is 3. The summed E-state index contributed by atoms with van der Waals surface area (Å²) in [6, 6.07) is 60.3. The van der Waals surface area contributed by atoms with E-state index in [0.29, 0.717) is 0 Å². The Labute approximate surface area is 515 Å². The molecule has 5 aromatic carbocycles. The first-order valence-electron chi connectivity index (χ1n) is 31.1. The number of nitrogens with zero attached hydrogens (tertiary/aromatic N) is 3. The van der Waals surface area contributed by atoms with Crippen molar-refractivity contribution in [3.8, 4) is 33.4 Å². The minimum atomic E-state index is 1.07. The molecule has 0 saturated carbocycles. The van der Waals surface area contributed by atoms with E-state index >= 15 is 0 Å². The van der Waals surface area contributed by atoms with Crippen LogP contribution in [0, 0.1) is 0 Å². The van der Waals surface area contributed by atoms with Crippen LogP contribution in [0.1, 0.15) is 149 Å². The lowest BCUT2D eigenvalue weighted by Crippen LogP contribution is -2.32. The lowest BCUT2D eigenvalue weighted by atomic mass is 9.95. The number of rotatable bonds is 36. The summed E-state index contributed by atoms with van der Waals surface area (Å²) in [6.07, 6.45) is 43.7. The van der Waals surface area contributed by atoms with E-state index in [1.54, 1.807) is 16.7 Å². The molecule has 8 rings (SSSR count). The number of aromatic nitrogens is 3. The highest BCUT2D eigenvalue weighted by Gasteiger charge is 2.11. The zero-order valence-corrected chi connectivity index (χ0v) is 53.5. The Morgan fingerprint density at radius 1 is 0.222 bits per heavy atom. The second-order valence-corrected chi connectivity index (χ2v) is 24.7. The predicted molar refractivity (Wildman–Crippen MR) is 356 cm³/mol. The van der Waals surface area contributed by atoms with Crippen molar-refractivity contribution in [3.63, 3.8) is 0 Å². The summed E-state index contributed by atoms with van der Waals surface area (Å²) in [5.41, 5.74) is 17.0. The molecule has 81 heavy (non-hydrogen) atoms. The molecule has 0 spiro atoms. The summed E-state index contributed by atoms with van der Waals surface area (Å²) < 4.78 is 7.08. The molecule has 0 fully saturated rings. The Morgan fingerprint density at radius 3 is 0.679 bits per heavy atom. The molecule has 8 aromatic rings. The summed E-state index contributed by atoms with van der Waals surface area (Å²) in [4.78, 5) is 0. The molecule has 426 valence electrons. The van der Waals surface area contributed by atoms with Gasteiger partial charge in [-0.3, -0.25) is 0 Å². The van der Waals surface area contributed by atoms with E-state index in [9.17, 15) is 0 Å². The number of hydrogen-bond acceptors (Lipinski definition) is 0. The van der Waals surface area contributed by atoms with Gasteiger partial charge in [0.05, 0.1) is 0 Å². The monoisotopic (exact) mass is 1270 g/mol. The smallest absolute Gasteiger partial charge is 0.176 e. The van der Waals surface area contributed by atoms with E-state index in [-0.39, 0.29) is 0 Å². The van der Waals surface area contributed by atoms with Crippen LogP contribution in [0.15, 0.2) is 201 Å². The van der Waals surface area contributed by atoms with E-state index in [2.05, 4.69) is 262 Å². The van der Waals surface area contributed by atoms with Crippen molar-refractivity contribution >= 4 is 47.8 Å². The van der Waals surface area contributed by atoms with Gasteiger partial charge in [0, 0.05) is 70.1 Å². The third kappa shape index (κ3) is 24.8. The van der Waals surface area contributed by atoms with Crippen LogP contribution in [0.25, 0.3) is 33.4 Å². The number of hydrogen-bond donors (Lipinski definition) is 0. The number of benzene rings is 5. The first-order valence-corrected chi connectivity index (χ1v) is 34.5. The SMILES string of the molecule is BrCCCCCc1cc(CCCCCBr)cc(CCCCCBr)c1.c1ccc(-c2ccc[n+](CCCCCc3cc(CCCCC[n+]4cccc(-c5ccccc5)c4)cc(CCCCC[n+]4cccc(-c5ccccc5)c4)c3)c2)cc1. The van der Waals surface area contributed by atoms with Crippen molar-refractivity contribution in [3.05, 3.63) is 234 Å². The highest BCUT2D eigenvalue weighted by atomic mass is 79.9. The quantitative estimate of drug-likeness (QED) is 0.0211. The molecule has 0 atom stereocenters. The largest absolute Gasteiger partial charge is 0.205 e. The van der Waals surface area contributed by atoms with Crippen LogP contribution in [0.3, 0.4) is 0 Å². The number of halogens is 3. The van der Waals surface area contributed by atoms with Crippen LogP contribution in [0.5, 0.6) is 0 Å². The van der Waals surface area contributed by atoms with E-state index < -0.39 is 0 Å². The average molecular weight is 1280 g/mol. The Balaban J connectivity index is 0.000000331. The third-order valence-corrected chi connectivity index (χ3v) is 17.2. The standard InChI is InChI=1S/C54H60N3.C21H33Br3/c1-10-25-49(26-11-1)52-31-19-37-55(43-52)34-16-4-7-22-46-40-47(23-8-5-17-35-56-38-20-32-53(44-56)50-27-12-2-13-28-50)42-48(41-46)24-9-6-18-36-57-39-21-33-54(45-57)51-29-14-3-15-30-51;22-13-7-1-4-10-19-16-20(11-5-2-8-14-23)18-21(17-19)12-6-3-9-15-24/h1-3,10-15,19-21,25-33,37-45H,4-9,16-18,22-24,34-36H2;16-18H,1-15H2/q+3;. The fourth-order valence-corrected chi connectivity index (χ4v) is 12.3. The fraction of sp³-hybridized carbons (Fsp3) is 0.400. The number of aryl methyl sites for hydroxylation is 9. The molecule has 6 heteroatoms. The van der Waals surface area contributed by atoms with E-state index in [1.165, 1.54) is 204 Å². The second kappa shape index (κ2) is 38.7. The van der Waals surface area contributed by atoms with E-state index in [0.717, 1.165) is 35.6 Å². The normalized spacial score (nSPS) is 11.1. The van der Waals surface area contributed by atoms with Crippen molar-refractivity contribution in [2.24, 2.45) is 0 Å². The topological polar surface area (TPSA) is 11.6 Å². The van der Waals surface area contributed by atoms with Crippen LogP contribution in [0.2, 0.25) is 0 Å². The highest BCUT2D eigenvalue weighted by Crippen LogP contribution is 2.23. The summed E-state index contributed by atoms with van der Waals surface area (Å²) in [5, 5.41) is 3.41. The first kappa shape index (κ1) is 63.6. The molecule has 3 aromatic heterocycles. The molecule has 0 radical (unpaired) electrons. The van der Waals surface area contributed by atoms with Gasteiger partial charge in [-0.05, 0) is 184 Å². The molecular formula is C75H93Br3N3+3. The maximum absolute atomic E-state index is 3.53. The molecule has 0 aliphatic carbocycles. The van der Waals surface area contributed by atoms with Crippen molar-refractivity contribution in [1.82, 2.24) is 0 Å². The summed E-state index contributed by atoms with van der Waals surface area (Å²) in [5.74, 6) is 0. The van der Waals surface area contributed by atoms with Crippen molar-refractivity contribution in [2.75, 3.05) is 16.0 Å². The summed E-state index contributed by atoms with van der Waals surface area (Å²) in [6.45, 7) is 3.20. The van der Waals surface area contributed by atoms with Crippen LogP contribution in [0.4, 0.5) is 0 Å². The zero-order chi connectivity index (χ0) is 56.2. The molecule has 0 bridgehead atoms. The Kier molecular flexibility index (Phi) is 30.4. The minimum Gasteiger partial charge on any atom is -0.205 e. The minimum absolute atomic E-state index is 1.07. The van der Waals surface area contributed by atoms with Crippen LogP contribution in [-0.2, 0) is 58.2 Å². The number of pyridine rings is 3. The molecule has 0 N–H and O–H groups in total. The molecule has 3 nitrogen and oxygen atoms in total. The lowest BCUT2D eigenvalue weighted by Gasteiger charge is -2.11. The molecule has 3 heterocycles. The summed E-state index contributed by atoms with van der Waals surface area (Å²) >= 11 is 10.6. The maximum atomic E-state index is 3.53. The van der Waals surface area contributed by atoms with Crippen LogP contribution < -0.4 is 13.7 Å². The van der Waals surface area contributed by atoms with Gasteiger partial charge in [0.2, 0.25) is 0 Å². The van der Waals surface area contributed by atoms with Crippen LogP contribution in [-0.4, -0.2) is 16.0 Å². The Bertz CT molecular complexity index is 2600.